The monoisotopic (exact) mass is 582 g/mol. The summed E-state index contributed by atoms with van der Waals surface area (Å²) in [7, 11) is 4.18. The van der Waals surface area contributed by atoms with Gasteiger partial charge in [0, 0.05) is 49.5 Å². The zero-order valence-corrected chi connectivity index (χ0v) is 26.5. The van der Waals surface area contributed by atoms with Crippen molar-refractivity contribution in [2.45, 2.75) is 65.0 Å². The van der Waals surface area contributed by atoms with Gasteiger partial charge < -0.3 is 24.2 Å². The Labute approximate surface area is 251 Å². The second-order valence-corrected chi connectivity index (χ2v) is 13.2. The van der Waals surface area contributed by atoms with Crippen molar-refractivity contribution in [3.05, 3.63) is 59.3 Å². The number of benzene rings is 1. The number of carbonyl (C=O) groups excluding carboxylic acids is 2. The van der Waals surface area contributed by atoms with Crippen LogP contribution in [0.4, 0.5) is 0 Å². The summed E-state index contributed by atoms with van der Waals surface area (Å²) in [5, 5.41) is 3.16. The van der Waals surface area contributed by atoms with E-state index in [-0.39, 0.29) is 29.8 Å². The van der Waals surface area contributed by atoms with Crippen molar-refractivity contribution >= 4 is 23.8 Å². The standard InChI is InChI=1S/C33H50N4O3S/c1-6-11-29-25(2)37(41-5)24-33(29)16-18-36(19-17-33)32(39)30(23-40-22-26-12-8-7-9-13-26)34-31(38)28-15-10-14-27(20-28)21-35(3)4/h6-9,11-13,27-28,30H,10,14-24H2,1-5H3,(H,34,38)/b11-6-/t27-,28?,30?/m0/s1. The van der Waals surface area contributed by atoms with E-state index in [1.165, 1.54) is 11.3 Å². The molecule has 1 aromatic rings. The molecule has 0 bridgehead atoms. The van der Waals surface area contributed by atoms with Gasteiger partial charge in [-0.05, 0) is 77.1 Å². The molecule has 2 fully saturated rings. The highest BCUT2D eigenvalue weighted by Crippen LogP contribution is 2.49. The van der Waals surface area contributed by atoms with Crippen molar-refractivity contribution in [3.63, 3.8) is 0 Å². The number of amides is 2. The van der Waals surface area contributed by atoms with Crippen LogP contribution in [0.15, 0.2) is 53.8 Å². The summed E-state index contributed by atoms with van der Waals surface area (Å²) in [6.07, 6.45) is 12.4. The van der Waals surface area contributed by atoms with Gasteiger partial charge in [0.2, 0.25) is 11.8 Å². The summed E-state index contributed by atoms with van der Waals surface area (Å²) in [5.41, 5.74) is 3.86. The molecule has 2 amide bonds. The number of rotatable bonds is 11. The number of carbonyl (C=O) groups is 2. The van der Waals surface area contributed by atoms with Crippen molar-refractivity contribution in [2.24, 2.45) is 17.3 Å². The molecule has 0 aromatic heterocycles. The van der Waals surface area contributed by atoms with E-state index in [1.54, 1.807) is 11.9 Å². The average molecular weight is 583 g/mol. The Morgan fingerprint density at radius 3 is 2.59 bits per heavy atom. The van der Waals surface area contributed by atoms with E-state index >= 15 is 0 Å². The molecule has 1 spiro atoms. The first-order valence-corrected chi connectivity index (χ1v) is 16.5. The Morgan fingerprint density at radius 2 is 1.93 bits per heavy atom. The van der Waals surface area contributed by atoms with E-state index < -0.39 is 6.04 Å². The van der Waals surface area contributed by atoms with E-state index in [9.17, 15) is 9.59 Å². The third kappa shape index (κ3) is 7.96. The molecule has 1 aromatic carbocycles. The van der Waals surface area contributed by atoms with Crippen molar-refractivity contribution in [1.29, 1.82) is 0 Å². The maximum absolute atomic E-state index is 13.9. The van der Waals surface area contributed by atoms with E-state index in [4.69, 9.17) is 4.74 Å². The Kier molecular flexibility index (Phi) is 11.4. The van der Waals surface area contributed by atoms with Crippen LogP contribution >= 0.6 is 11.9 Å². The number of hydrogen-bond donors (Lipinski definition) is 1. The zero-order chi connectivity index (χ0) is 29.4. The predicted molar refractivity (Wildman–Crippen MR) is 168 cm³/mol. The molecule has 2 aliphatic heterocycles. The Morgan fingerprint density at radius 1 is 1.20 bits per heavy atom. The molecule has 2 heterocycles. The lowest BCUT2D eigenvalue weighted by Gasteiger charge is -2.41. The molecule has 3 aliphatic rings. The zero-order valence-electron chi connectivity index (χ0n) is 25.7. The van der Waals surface area contributed by atoms with Crippen LogP contribution in [-0.4, -0.2) is 85.1 Å². The van der Waals surface area contributed by atoms with Gasteiger partial charge in [-0.1, -0.05) is 60.9 Å². The van der Waals surface area contributed by atoms with Gasteiger partial charge in [-0.25, -0.2) is 0 Å². The Hall–Kier alpha value is -2.29. The van der Waals surface area contributed by atoms with Crippen LogP contribution in [0, 0.1) is 17.3 Å². The van der Waals surface area contributed by atoms with E-state index in [2.05, 4.69) is 60.9 Å². The van der Waals surface area contributed by atoms with Crippen molar-refractivity contribution in [1.82, 2.24) is 19.4 Å². The van der Waals surface area contributed by atoms with Crippen LogP contribution in [0.2, 0.25) is 0 Å². The first-order chi connectivity index (χ1) is 19.8. The van der Waals surface area contributed by atoms with Crippen LogP contribution in [0.25, 0.3) is 0 Å². The summed E-state index contributed by atoms with van der Waals surface area (Å²) in [5.74, 6) is 0.459. The minimum absolute atomic E-state index is 0.00364. The maximum atomic E-state index is 13.9. The second kappa shape index (κ2) is 14.7. The molecule has 8 heteroatoms. The lowest BCUT2D eigenvalue weighted by atomic mass is 9.73. The normalized spacial score (nSPS) is 23.6. The van der Waals surface area contributed by atoms with E-state index in [0.29, 0.717) is 25.6 Å². The van der Waals surface area contributed by atoms with Crippen LogP contribution in [0.5, 0.6) is 0 Å². The fraction of sp³-hybridized carbons (Fsp3) is 0.636. The third-order valence-corrected chi connectivity index (χ3v) is 10.00. The molecule has 2 unspecified atom stereocenters. The summed E-state index contributed by atoms with van der Waals surface area (Å²) < 4.78 is 8.44. The van der Waals surface area contributed by atoms with Crippen LogP contribution in [0.3, 0.4) is 0 Å². The van der Waals surface area contributed by atoms with Gasteiger partial charge in [0.05, 0.1) is 13.2 Å². The Bertz CT molecular complexity index is 1080. The number of ether oxygens (including phenoxy) is 1. The van der Waals surface area contributed by atoms with E-state index in [0.717, 1.165) is 57.2 Å². The van der Waals surface area contributed by atoms with Crippen LogP contribution < -0.4 is 5.32 Å². The number of hydrogen-bond acceptors (Lipinski definition) is 6. The van der Waals surface area contributed by atoms with Crippen LogP contribution in [0.1, 0.15) is 57.9 Å². The minimum atomic E-state index is -0.673. The molecule has 226 valence electrons. The molecule has 1 saturated heterocycles. The fourth-order valence-corrected chi connectivity index (χ4v) is 7.76. The summed E-state index contributed by atoms with van der Waals surface area (Å²) >= 11 is 1.77. The van der Waals surface area contributed by atoms with E-state index in [1.807, 2.05) is 35.2 Å². The molecule has 1 saturated carbocycles. The first-order valence-electron chi connectivity index (χ1n) is 15.3. The van der Waals surface area contributed by atoms with Crippen molar-refractivity contribution in [3.8, 4) is 0 Å². The molecule has 7 nitrogen and oxygen atoms in total. The molecular formula is C33H50N4O3S. The highest BCUT2D eigenvalue weighted by atomic mass is 32.2. The maximum Gasteiger partial charge on any atom is 0.247 e. The molecule has 1 aliphatic carbocycles. The van der Waals surface area contributed by atoms with Crippen molar-refractivity contribution < 1.29 is 14.3 Å². The lowest BCUT2D eigenvalue weighted by molar-refractivity contribution is -0.141. The molecule has 0 radical (unpaired) electrons. The molecule has 4 rings (SSSR count). The number of nitrogens with one attached hydrogen (secondary N) is 1. The first kappa shape index (κ1) is 31.6. The number of allylic oxidation sites excluding steroid dienone is 3. The number of piperidine rings is 1. The van der Waals surface area contributed by atoms with Gasteiger partial charge in [-0.3, -0.25) is 9.59 Å². The van der Waals surface area contributed by atoms with Gasteiger partial charge in [-0.2, -0.15) is 0 Å². The fourth-order valence-electron chi connectivity index (χ4n) is 7.01. The largest absolute Gasteiger partial charge is 0.374 e. The number of likely N-dealkylation sites (tertiary alicyclic amines) is 1. The molecular weight excluding hydrogens is 532 g/mol. The topological polar surface area (TPSA) is 65.1 Å². The quantitative estimate of drug-likeness (QED) is 0.366. The average Bonchev–Trinajstić information content (AvgIpc) is 3.23. The third-order valence-electron chi connectivity index (χ3n) is 9.16. The van der Waals surface area contributed by atoms with Crippen molar-refractivity contribution in [2.75, 3.05) is 53.1 Å². The molecule has 41 heavy (non-hydrogen) atoms. The van der Waals surface area contributed by atoms with Gasteiger partial charge in [0.1, 0.15) is 6.04 Å². The van der Waals surface area contributed by atoms with Gasteiger partial charge in [0.25, 0.3) is 0 Å². The van der Waals surface area contributed by atoms with Gasteiger partial charge in [0.15, 0.2) is 0 Å². The molecule has 3 atom stereocenters. The Balaban J connectivity index is 1.42. The highest BCUT2D eigenvalue weighted by molar-refractivity contribution is 7.96. The lowest BCUT2D eigenvalue weighted by Crippen LogP contribution is -2.55. The van der Waals surface area contributed by atoms with Gasteiger partial charge >= 0.3 is 0 Å². The summed E-state index contributed by atoms with van der Waals surface area (Å²) in [4.78, 5) is 31.6. The SMILES string of the molecule is C/C=C\C1=C(C)N(SC)CC12CCN(C(=O)C(COCc1ccccc1)NC(=O)C1CCC[C@H](CN(C)C)C1)CC2. The summed E-state index contributed by atoms with van der Waals surface area (Å²) in [6, 6.07) is 9.31. The van der Waals surface area contributed by atoms with Crippen LogP contribution in [-0.2, 0) is 20.9 Å². The smallest absolute Gasteiger partial charge is 0.247 e. The molecule has 1 N–H and O–H groups in total. The summed E-state index contributed by atoms with van der Waals surface area (Å²) in [6.45, 7) is 8.24. The predicted octanol–water partition coefficient (Wildman–Crippen LogP) is 5.11. The highest BCUT2D eigenvalue weighted by Gasteiger charge is 2.45. The number of nitrogens with zero attached hydrogens (tertiary/aromatic N) is 3. The van der Waals surface area contributed by atoms with Gasteiger partial charge in [-0.15, -0.1) is 0 Å². The minimum Gasteiger partial charge on any atom is -0.374 e. The second-order valence-electron chi connectivity index (χ2n) is 12.4.